The molecule has 0 amide bonds. The second-order valence-corrected chi connectivity index (χ2v) is 26.4. The Hall–Kier alpha value is -1.38. The summed E-state index contributed by atoms with van der Waals surface area (Å²) in [5.74, 6) is 0.706. The van der Waals surface area contributed by atoms with E-state index in [0.29, 0.717) is 43.4 Å². The van der Waals surface area contributed by atoms with Crippen LogP contribution in [0.2, 0.25) is 0 Å². The molecule has 0 aromatic rings. The molecule has 490 valence electrons. The van der Waals surface area contributed by atoms with Gasteiger partial charge in [-0.25, -0.2) is 0 Å². The van der Waals surface area contributed by atoms with E-state index in [1.165, 1.54) is 5.57 Å². The predicted molar refractivity (Wildman–Crippen MR) is 283 cm³/mol. The van der Waals surface area contributed by atoms with Gasteiger partial charge in [0.25, 0.3) is 0 Å². The number of hydrogen-bond donors (Lipinski definition) is 16. The molecule has 0 aromatic heterocycles. The van der Waals surface area contributed by atoms with Crippen LogP contribution in [0.3, 0.4) is 0 Å². The van der Waals surface area contributed by atoms with Gasteiger partial charge in [0.1, 0.15) is 116 Å². The van der Waals surface area contributed by atoms with Gasteiger partial charge in [-0.3, -0.25) is 0 Å². The average molecular weight is 1230 g/mol. The fourth-order valence-corrected chi connectivity index (χ4v) is 16.6. The minimum atomic E-state index is -2.03. The first kappa shape index (κ1) is 66.5. The maximum Gasteiger partial charge on any atom is 0.187 e. The number of fused-ring (bicyclic) bond motifs is 7. The maximum atomic E-state index is 11.9. The van der Waals surface area contributed by atoms with Crippen LogP contribution in [0.25, 0.3) is 0 Å². The highest BCUT2D eigenvalue weighted by molar-refractivity contribution is 5.26. The van der Waals surface area contributed by atoms with Crippen molar-refractivity contribution >= 4 is 0 Å². The zero-order chi connectivity index (χ0) is 61.4. The van der Waals surface area contributed by atoms with Crippen LogP contribution in [0, 0.1) is 46.3 Å². The zero-order valence-electron chi connectivity index (χ0n) is 48.7. The van der Waals surface area contributed by atoms with E-state index in [9.17, 15) is 81.7 Å². The molecule has 85 heavy (non-hydrogen) atoms. The van der Waals surface area contributed by atoms with E-state index in [1.807, 2.05) is 6.92 Å². The number of rotatable bonds is 19. The van der Waals surface area contributed by atoms with Crippen LogP contribution in [0.4, 0.5) is 0 Å². The smallest absolute Gasteiger partial charge is 0.187 e. The summed E-state index contributed by atoms with van der Waals surface area (Å²) in [6, 6.07) is 0. The van der Waals surface area contributed by atoms with Crippen LogP contribution in [-0.4, -0.2) is 294 Å². The largest absolute Gasteiger partial charge is 0.394 e. The highest BCUT2D eigenvalue weighted by atomic mass is 16.8. The van der Waals surface area contributed by atoms with Gasteiger partial charge in [-0.05, 0) is 91.8 Å². The van der Waals surface area contributed by atoms with Crippen molar-refractivity contribution in [3.05, 3.63) is 11.6 Å². The Balaban J connectivity index is 0.777. The third-order valence-electron chi connectivity index (χ3n) is 21.6. The second-order valence-electron chi connectivity index (χ2n) is 26.4. The Morgan fingerprint density at radius 3 is 1.81 bits per heavy atom. The van der Waals surface area contributed by atoms with Crippen molar-refractivity contribution in [3.8, 4) is 0 Å². The monoisotopic (exact) mass is 1230 g/mol. The van der Waals surface area contributed by atoms with Gasteiger partial charge in [0.05, 0.1) is 51.8 Å². The number of ether oxygens (including phenoxy) is 12. The van der Waals surface area contributed by atoms with Gasteiger partial charge in [0, 0.05) is 19.4 Å². The van der Waals surface area contributed by atoms with Crippen LogP contribution in [-0.2, 0) is 56.8 Å². The van der Waals surface area contributed by atoms with Crippen molar-refractivity contribution in [2.45, 2.75) is 251 Å². The van der Waals surface area contributed by atoms with E-state index < -0.39 is 192 Å². The summed E-state index contributed by atoms with van der Waals surface area (Å²) < 4.78 is 72.7. The summed E-state index contributed by atoms with van der Waals surface area (Å²) in [5, 5.41) is 170. The minimum Gasteiger partial charge on any atom is -0.394 e. The lowest BCUT2D eigenvalue weighted by Gasteiger charge is -2.58. The van der Waals surface area contributed by atoms with Gasteiger partial charge < -0.3 is 139 Å². The molecule has 0 aromatic carbocycles. The number of allylic oxidation sites excluding steroid dienone is 1. The molecule has 6 heterocycles. The number of aliphatic hydroxyl groups is 16. The van der Waals surface area contributed by atoms with Crippen LogP contribution in [0.15, 0.2) is 11.6 Å². The summed E-state index contributed by atoms with van der Waals surface area (Å²) in [6.07, 6.45) is -31.5. The van der Waals surface area contributed by atoms with Gasteiger partial charge in [-0.2, -0.15) is 0 Å². The fraction of sp³-hybridized carbons (Fsp3) is 0.965. The molecule has 6 saturated heterocycles. The summed E-state index contributed by atoms with van der Waals surface area (Å²) in [5.41, 5.74) is 1.10. The third-order valence-corrected chi connectivity index (χ3v) is 21.6. The molecule has 10 aliphatic rings. The molecular formula is C57H94O28. The van der Waals surface area contributed by atoms with E-state index in [0.717, 1.165) is 32.1 Å². The van der Waals surface area contributed by atoms with Crippen molar-refractivity contribution in [3.63, 3.8) is 0 Å². The fourth-order valence-electron chi connectivity index (χ4n) is 16.6. The first-order valence-corrected chi connectivity index (χ1v) is 30.4. The van der Waals surface area contributed by atoms with E-state index in [4.69, 9.17) is 56.8 Å². The molecule has 9 fully saturated rings. The lowest BCUT2D eigenvalue weighted by Crippen LogP contribution is -2.68. The maximum absolute atomic E-state index is 11.9. The molecule has 16 N–H and O–H groups in total. The first-order valence-electron chi connectivity index (χ1n) is 30.4. The van der Waals surface area contributed by atoms with E-state index in [1.54, 1.807) is 7.11 Å². The van der Waals surface area contributed by atoms with E-state index in [2.05, 4.69) is 26.8 Å². The summed E-state index contributed by atoms with van der Waals surface area (Å²) in [4.78, 5) is 0. The Bertz CT molecular complexity index is 2220. The van der Waals surface area contributed by atoms with Crippen molar-refractivity contribution in [2.75, 3.05) is 46.8 Å². The molecule has 4 aliphatic carbocycles. The Morgan fingerprint density at radius 1 is 0.588 bits per heavy atom. The second kappa shape index (κ2) is 26.7. The number of methoxy groups -OCH3 is 1. The van der Waals surface area contributed by atoms with Crippen molar-refractivity contribution in [2.24, 2.45) is 46.3 Å². The molecule has 0 radical (unpaired) electrons. The molecule has 3 saturated carbocycles. The molecule has 0 spiro atoms. The van der Waals surface area contributed by atoms with Crippen molar-refractivity contribution in [1.29, 1.82) is 0 Å². The lowest BCUT2D eigenvalue weighted by molar-refractivity contribution is -0.403. The van der Waals surface area contributed by atoms with Crippen LogP contribution in [0.1, 0.15) is 85.5 Å². The number of aliphatic hydroxyl groups excluding tert-OH is 16. The Morgan fingerprint density at radius 2 is 1.15 bits per heavy atom. The zero-order valence-corrected chi connectivity index (χ0v) is 48.7. The van der Waals surface area contributed by atoms with Gasteiger partial charge in [-0.1, -0.05) is 39.3 Å². The highest BCUT2D eigenvalue weighted by Gasteiger charge is 2.69. The van der Waals surface area contributed by atoms with Gasteiger partial charge in [-0.15, -0.1) is 0 Å². The summed E-state index contributed by atoms with van der Waals surface area (Å²) >= 11 is 0. The Kier molecular flexibility index (Phi) is 20.9. The molecule has 10 rings (SSSR count). The third kappa shape index (κ3) is 12.2. The molecule has 0 unspecified atom stereocenters. The summed E-state index contributed by atoms with van der Waals surface area (Å²) in [7, 11) is 1.70. The topological polar surface area (TPSA) is 434 Å². The number of hydrogen-bond acceptors (Lipinski definition) is 28. The molecule has 0 bridgehead atoms. The van der Waals surface area contributed by atoms with Crippen LogP contribution >= 0.6 is 0 Å². The van der Waals surface area contributed by atoms with E-state index >= 15 is 0 Å². The molecule has 6 aliphatic heterocycles. The lowest BCUT2D eigenvalue weighted by atomic mass is 9.47. The average Bonchev–Trinajstić information content (AvgIpc) is 1.60. The van der Waals surface area contributed by atoms with Crippen molar-refractivity contribution < 1.29 is 139 Å². The SMILES string of the molecule is CO[C@@]1(CC[C@@H](C)CO[C@@H]2O[C@H](CO)[C@@H](O)[C@H](O)[C@H]2O)O[C@H]2C[C@H]3[C@@H]4CC=C5C[C@@H](O[C@@H]6O[C@H](CO)[C@H](O[C@@H]7O[C@H](CO)[C@@H](O)[C@H](O[C@@H]8OC[C@@H](O)[C@H](O)[C@H]8O)[C@H]7O[C@@H]7O[C@H](CO)[C@@H](O)[C@H](O)[C@H]7O)[C@H](O)[C@H]6O)CC[C@]5(C)[C@H]4CC[C@]3(C)[C@H]2[C@@H]1C. The summed E-state index contributed by atoms with van der Waals surface area (Å²) in [6.45, 7) is 5.58. The standard InChI is InChI=1S/C57H94O28/c1-22(20-75-50-44(71)40(67)37(64)31(16-58)78-50)8-13-57(74-5)23(2)35-30(85-57)15-28-26-7-6-24-14-25(9-11-55(24,3)27(26)10-12-56(28,35)4)77-52-46(73)42(69)47(34(19-61)81-52)82-54-49(84-53-45(72)41(68)38(65)32(17-59)79-53)48(39(66)33(18-60)80-54)83-51-43(70)36(63)29(62)21-76-51/h6,22-23,25-54,58-73H,7-21H2,1-5H3/t22-,23+,25+,26-,27+,28+,29-,30+,31-,32-,33-,34-,35+,36+,37-,38-,39-,40+,41+,42-,43-,44-,45-,46-,47+,48+,49-,50-,51+,52-,53+,54+,55+,56+,57+/m1/s1. The molecule has 28 nitrogen and oxygen atoms in total. The first-order chi connectivity index (χ1) is 40.4. The molecular weight excluding hydrogens is 1130 g/mol. The Labute approximate surface area is 492 Å². The quantitative estimate of drug-likeness (QED) is 0.0539. The van der Waals surface area contributed by atoms with Gasteiger partial charge >= 0.3 is 0 Å². The molecule has 28 heteroatoms. The van der Waals surface area contributed by atoms with Gasteiger partial charge in [0.2, 0.25) is 0 Å². The van der Waals surface area contributed by atoms with E-state index in [-0.39, 0.29) is 41.3 Å². The minimum absolute atomic E-state index is 0.00163. The van der Waals surface area contributed by atoms with Crippen LogP contribution in [0.5, 0.6) is 0 Å². The van der Waals surface area contributed by atoms with Gasteiger partial charge in [0.15, 0.2) is 37.2 Å². The van der Waals surface area contributed by atoms with Crippen LogP contribution < -0.4 is 0 Å². The normalized spacial score (nSPS) is 53.9. The highest BCUT2D eigenvalue weighted by Crippen LogP contribution is 2.70. The predicted octanol–water partition coefficient (Wildman–Crippen LogP) is -4.92. The van der Waals surface area contributed by atoms with Crippen molar-refractivity contribution in [1.82, 2.24) is 0 Å². The molecule has 35 atom stereocenters.